The van der Waals surface area contributed by atoms with Crippen LogP contribution < -0.4 is 5.32 Å². The second kappa shape index (κ2) is 12.5. The van der Waals surface area contributed by atoms with Crippen LogP contribution in [0.5, 0.6) is 0 Å². The Bertz CT molecular complexity index is 1340. The number of anilines is 1. The number of amides is 1. The van der Waals surface area contributed by atoms with Gasteiger partial charge < -0.3 is 15.0 Å². The van der Waals surface area contributed by atoms with Crippen LogP contribution in [0, 0.1) is 21.4 Å². The Labute approximate surface area is 222 Å². The molecule has 1 saturated heterocycles. The highest BCUT2D eigenvalue weighted by atomic mass is 32.2. The van der Waals surface area contributed by atoms with Gasteiger partial charge in [0.2, 0.25) is 0 Å². The van der Waals surface area contributed by atoms with E-state index in [0.717, 1.165) is 16.8 Å². The number of rotatable bonds is 8. The summed E-state index contributed by atoms with van der Waals surface area (Å²) in [5, 5.41) is 23.6. The lowest BCUT2D eigenvalue weighted by Crippen LogP contribution is -2.36. The predicted octanol–water partition coefficient (Wildman–Crippen LogP) is 5.76. The van der Waals surface area contributed by atoms with Gasteiger partial charge in [-0.2, -0.15) is 14.0 Å². The average Bonchev–Trinajstić information content (AvgIpc) is 3.30. The van der Waals surface area contributed by atoms with Crippen molar-refractivity contribution in [1.82, 2.24) is 4.90 Å². The first-order chi connectivity index (χ1) is 18.3. The number of carbonyl (C=O) groups excluding carboxylic acids is 1. The quantitative estimate of drug-likeness (QED) is 0.150. The summed E-state index contributed by atoms with van der Waals surface area (Å²) in [7, 11) is 0. The molecule has 1 heterocycles. The van der Waals surface area contributed by atoms with Crippen molar-refractivity contribution in [2.24, 2.45) is 0 Å². The number of nitrogens with zero attached hydrogens (tertiary/aromatic N) is 3. The van der Waals surface area contributed by atoms with Gasteiger partial charge in [-0.15, -0.1) is 0 Å². The first-order valence-electron chi connectivity index (χ1n) is 11.8. The lowest BCUT2D eigenvalue weighted by atomic mass is 10.1. The molecule has 11 heteroatoms. The van der Waals surface area contributed by atoms with Gasteiger partial charge in [0.1, 0.15) is 11.6 Å². The molecule has 38 heavy (non-hydrogen) atoms. The molecule has 0 atom stereocenters. The standard InChI is InChI=1S/C27H24F2N4O4S/c28-27(29)38-24-8-6-22(7-9-24)31-26(34)21(17-30)16-20-5-4-19(25(20)32-10-12-37-13-11-32)14-18-2-1-3-23(15-18)33(35)36/h1-3,6-9,14-16,27H,4-5,10-13H2,(H,31,34)/b19-14+,21-16+. The molecule has 1 aliphatic heterocycles. The molecule has 0 unspecified atom stereocenters. The van der Waals surface area contributed by atoms with E-state index in [2.05, 4.69) is 10.2 Å². The van der Waals surface area contributed by atoms with Crippen LogP contribution in [0.25, 0.3) is 6.08 Å². The van der Waals surface area contributed by atoms with Gasteiger partial charge in [0.05, 0.1) is 18.1 Å². The van der Waals surface area contributed by atoms with Crippen molar-refractivity contribution in [2.45, 2.75) is 23.5 Å². The van der Waals surface area contributed by atoms with Gasteiger partial charge in [-0.3, -0.25) is 14.9 Å². The summed E-state index contributed by atoms with van der Waals surface area (Å²) in [6.45, 7) is 2.35. The van der Waals surface area contributed by atoms with Gasteiger partial charge in [-0.25, -0.2) is 0 Å². The molecule has 0 spiro atoms. The second-order valence-electron chi connectivity index (χ2n) is 8.52. The maximum atomic E-state index is 12.9. The highest BCUT2D eigenvalue weighted by Crippen LogP contribution is 2.37. The third kappa shape index (κ3) is 6.85. The number of nitro groups is 1. The number of morpholine rings is 1. The van der Waals surface area contributed by atoms with Crippen molar-refractivity contribution < 1.29 is 23.2 Å². The predicted molar refractivity (Wildman–Crippen MR) is 140 cm³/mol. The van der Waals surface area contributed by atoms with Gasteiger partial charge in [0.15, 0.2) is 0 Å². The third-order valence-electron chi connectivity index (χ3n) is 6.04. The number of hydrogen-bond donors (Lipinski definition) is 1. The topological polar surface area (TPSA) is 108 Å². The number of allylic oxidation sites excluding steroid dienone is 3. The zero-order valence-electron chi connectivity index (χ0n) is 20.2. The molecule has 0 saturated carbocycles. The summed E-state index contributed by atoms with van der Waals surface area (Å²) in [4.78, 5) is 26.2. The van der Waals surface area contributed by atoms with E-state index < -0.39 is 16.6 Å². The molecule has 4 rings (SSSR count). The van der Waals surface area contributed by atoms with E-state index in [-0.39, 0.29) is 11.3 Å². The fourth-order valence-electron chi connectivity index (χ4n) is 4.36. The van der Waals surface area contributed by atoms with E-state index in [4.69, 9.17) is 4.74 Å². The van der Waals surface area contributed by atoms with Crippen LogP contribution in [0.15, 0.2) is 81.9 Å². The molecular weight excluding hydrogens is 514 g/mol. The number of halogens is 2. The summed E-state index contributed by atoms with van der Waals surface area (Å²) in [5.41, 5.74) is 3.66. The smallest absolute Gasteiger partial charge is 0.288 e. The van der Waals surface area contributed by atoms with Crippen LogP contribution in [0.4, 0.5) is 20.2 Å². The lowest BCUT2D eigenvalue weighted by Gasteiger charge is -2.31. The van der Waals surface area contributed by atoms with E-state index in [1.54, 1.807) is 18.2 Å². The van der Waals surface area contributed by atoms with Crippen molar-refractivity contribution in [1.29, 1.82) is 5.26 Å². The van der Waals surface area contributed by atoms with Crippen molar-refractivity contribution in [3.05, 3.63) is 92.7 Å². The van der Waals surface area contributed by atoms with E-state index in [1.165, 1.54) is 36.4 Å². The highest BCUT2D eigenvalue weighted by molar-refractivity contribution is 7.99. The average molecular weight is 539 g/mol. The Morgan fingerprint density at radius 1 is 1.18 bits per heavy atom. The molecular formula is C27H24F2N4O4S. The maximum absolute atomic E-state index is 12.9. The number of hydrogen-bond acceptors (Lipinski definition) is 7. The maximum Gasteiger partial charge on any atom is 0.288 e. The van der Waals surface area contributed by atoms with E-state index in [9.17, 15) is 29.0 Å². The molecule has 2 aromatic rings. The minimum atomic E-state index is -2.54. The lowest BCUT2D eigenvalue weighted by molar-refractivity contribution is -0.384. The first kappa shape index (κ1) is 27.0. The Balaban J connectivity index is 1.63. The van der Waals surface area contributed by atoms with Gasteiger partial charge in [-0.1, -0.05) is 23.9 Å². The molecule has 0 aromatic heterocycles. The Hall–Kier alpha value is -4.01. The monoisotopic (exact) mass is 538 g/mol. The molecule has 1 amide bonds. The van der Waals surface area contributed by atoms with Crippen molar-refractivity contribution in [3.8, 4) is 6.07 Å². The molecule has 0 bridgehead atoms. The third-order valence-corrected chi connectivity index (χ3v) is 6.76. The largest absolute Gasteiger partial charge is 0.378 e. The van der Waals surface area contributed by atoms with Crippen molar-refractivity contribution in [2.75, 3.05) is 31.6 Å². The van der Waals surface area contributed by atoms with E-state index in [1.807, 2.05) is 12.1 Å². The zero-order valence-corrected chi connectivity index (χ0v) is 21.0. The number of nitriles is 1. The summed E-state index contributed by atoms with van der Waals surface area (Å²) < 4.78 is 30.6. The highest BCUT2D eigenvalue weighted by Gasteiger charge is 2.26. The summed E-state index contributed by atoms with van der Waals surface area (Å²) in [6.07, 6.45) is 4.72. The second-order valence-corrected chi connectivity index (χ2v) is 9.59. The SMILES string of the molecule is N#C/C(=C\C1=C(N2CCOCC2)C(=C/c2cccc([N+](=O)[O-])c2)/CC1)C(=O)Nc1ccc(SC(F)F)cc1. The number of nitrogens with one attached hydrogen (secondary N) is 1. The number of ether oxygens (including phenoxy) is 1. The van der Waals surface area contributed by atoms with Gasteiger partial charge in [0, 0.05) is 41.5 Å². The molecule has 1 fully saturated rings. The van der Waals surface area contributed by atoms with Crippen LogP contribution in [0.2, 0.25) is 0 Å². The van der Waals surface area contributed by atoms with Gasteiger partial charge in [0.25, 0.3) is 17.4 Å². The Kier molecular flexibility index (Phi) is 8.89. The number of non-ortho nitro benzene ring substituents is 1. The first-order valence-corrected chi connectivity index (χ1v) is 12.7. The van der Waals surface area contributed by atoms with Crippen LogP contribution in [0.1, 0.15) is 18.4 Å². The van der Waals surface area contributed by atoms with Crippen LogP contribution >= 0.6 is 11.8 Å². The van der Waals surface area contributed by atoms with Gasteiger partial charge >= 0.3 is 0 Å². The normalized spacial score (nSPS) is 17.2. The zero-order chi connectivity index (χ0) is 27.1. The number of alkyl halides is 2. The summed E-state index contributed by atoms with van der Waals surface area (Å²) in [5.74, 6) is -3.15. The summed E-state index contributed by atoms with van der Waals surface area (Å²) in [6, 6.07) is 14.3. The molecule has 1 aliphatic carbocycles. The van der Waals surface area contributed by atoms with E-state index in [0.29, 0.717) is 67.1 Å². The van der Waals surface area contributed by atoms with Crippen molar-refractivity contribution in [3.63, 3.8) is 0 Å². The molecule has 8 nitrogen and oxygen atoms in total. The van der Waals surface area contributed by atoms with Crippen LogP contribution in [0.3, 0.4) is 0 Å². The summed E-state index contributed by atoms with van der Waals surface area (Å²) >= 11 is 0.407. The number of nitro benzene ring substituents is 1. The molecule has 1 N–H and O–H groups in total. The number of benzene rings is 2. The molecule has 2 aliphatic rings. The van der Waals surface area contributed by atoms with Crippen molar-refractivity contribution >= 4 is 35.1 Å². The number of thioether (sulfide) groups is 1. The number of carbonyl (C=O) groups is 1. The van der Waals surface area contributed by atoms with Crippen LogP contribution in [-0.2, 0) is 9.53 Å². The fraction of sp³-hybridized carbons (Fsp3) is 0.259. The molecule has 196 valence electrons. The molecule has 2 aromatic carbocycles. The minimum Gasteiger partial charge on any atom is -0.378 e. The fourth-order valence-corrected chi connectivity index (χ4v) is 4.86. The van der Waals surface area contributed by atoms with Gasteiger partial charge in [-0.05, 0) is 66.0 Å². The van der Waals surface area contributed by atoms with Crippen LogP contribution in [-0.4, -0.2) is 47.8 Å². The molecule has 0 radical (unpaired) electrons. The van der Waals surface area contributed by atoms with E-state index >= 15 is 0 Å². The Morgan fingerprint density at radius 3 is 2.58 bits per heavy atom. The Morgan fingerprint density at radius 2 is 1.92 bits per heavy atom. The minimum absolute atomic E-state index is 0.00126.